The number of piperidine rings is 1. The Morgan fingerprint density at radius 1 is 1.15 bits per heavy atom. The lowest BCUT2D eigenvalue weighted by Gasteiger charge is -2.36. The molecule has 0 aliphatic carbocycles. The topological polar surface area (TPSA) is 83.6 Å². The summed E-state index contributed by atoms with van der Waals surface area (Å²) in [5, 5.41) is 0. The molecule has 0 bridgehead atoms. The highest BCUT2D eigenvalue weighted by Gasteiger charge is 2.41. The van der Waals surface area contributed by atoms with E-state index in [0.717, 1.165) is 6.42 Å². The van der Waals surface area contributed by atoms with Crippen LogP contribution in [0.2, 0.25) is 0 Å². The summed E-state index contributed by atoms with van der Waals surface area (Å²) in [6.45, 7) is 1.33. The van der Waals surface area contributed by atoms with Gasteiger partial charge in [0, 0.05) is 31.2 Å². The highest BCUT2D eigenvalue weighted by molar-refractivity contribution is 5.94. The molecule has 27 heavy (non-hydrogen) atoms. The molecule has 2 aliphatic heterocycles. The van der Waals surface area contributed by atoms with Gasteiger partial charge in [-0.25, -0.2) is 10.2 Å². The van der Waals surface area contributed by atoms with Crippen LogP contribution in [0.15, 0.2) is 48.7 Å². The monoisotopic (exact) mass is 366 g/mol. The van der Waals surface area contributed by atoms with Crippen LogP contribution in [0, 0.1) is 5.92 Å². The molecule has 3 heterocycles. The minimum atomic E-state index is -0.462. The predicted molar refractivity (Wildman–Crippen MR) is 98.8 cm³/mol. The third kappa shape index (κ3) is 3.43. The van der Waals surface area contributed by atoms with Crippen LogP contribution in [0.25, 0.3) is 0 Å². The molecular weight excluding hydrogens is 344 g/mol. The van der Waals surface area contributed by atoms with E-state index in [0.29, 0.717) is 36.3 Å². The average Bonchev–Trinajstić information content (AvgIpc) is 3.16. The number of pyridine rings is 1. The van der Waals surface area contributed by atoms with Gasteiger partial charge in [0.05, 0.1) is 18.7 Å². The van der Waals surface area contributed by atoms with Crippen LogP contribution < -0.4 is 10.9 Å². The maximum absolute atomic E-state index is 12.9. The lowest BCUT2D eigenvalue weighted by Crippen LogP contribution is -2.48. The van der Waals surface area contributed by atoms with Gasteiger partial charge in [-0.3, -0.25) is 15.2 Å². The quantitative estimate of drug-likeness (QED) is 0.802. The van der Waals surface area contributed by atoms with E-state index in [4.69, 9.17) is 0 Å². The van der Waals surface area contributed by atoms with Gasteiger partial charge in [0.1, 0.15) is 5.69 Å². The molecular formula is C20H22N4O3. The number of hydrogen-bond acceptors (Lipinski definition) is 6. The predicted octanol–water partition coefficient (Wildman–Crippen LogP) is 1.55. The number of likely N-dealkylation sites (tertiary alicyclic amines) is 1. The Kier molecular flexibility index (Phi) is 4.87. The summed E-state index contributed by atoms with van der Waals surface area (Å²) in [6.07, 6.45) is 2.27. The van der Waals surface area contributed by atoms with Crippen LogP contribution in [0.1, 0.15) is 38.9 Å². The minimum absolute atomic E-state index is 0.108. The largest absolute Gasteiger partial charge is 0.465 e. The molecule has 2 N–H and O–H groups in total. The number of hydrazine groups is 1. The molecule has 1 aromatic carbocycles. The number of ether oxygens (including phenoxy) is 1. The molecule has 0 radical (unpaired) electrons. The van der Waals surface area contributed by atoms with Crippen molar-refractivity contribution in [2.24, 2.45) is 5.92 Å². The summed E-state index contributed by atoms with van der Waals surface area (Å²) in [7, 11) is 1.32. The molecule has 1 amide bonds. The van der Waals surface area contributed by atoms with E-state index in [1.807, 2.05) is 23.1 Å². The number of aromatic nitrogens is 1. The SMILES string of the molecule is COC(=O)c1ccc(C(=O)N2CCC3NNC(c4ccccc4)C3C2)nc1. The fraction of sp³-hybridized carbons (Fsp3) is 0.350. The Bertz CT molecular complexity index is 825. The van der Waals surface area contributed by atoms with Gasteiger partial charge in [-0.2, -0.15) is 0 Å². The number of hydrogen-bond donors (Lipinski definition) is 2. The molecule has 140 valence electrons. The number of nitrogens with zero attached hydrogens (tertiary/aromatic N) is 2. The van der Waals surface area contributed by atoms with Crippen molar-refractivity contribution < 1.29 is 14.3 Å². The van der Waals surface area contributed by atoms with E-state index in [1.54, 1.807) is 12.1 Å². The number of esters is 1. The molecule has 3 unspecified atom stereocenters. The van der Waals surface area contributed by atoms with E-state index in [-0.39, 0.29) is 11.9 Å². The van der Waals surface area contributed by atoms with Crippen molar-refractivity contribution >= 4 is 11.9 Å². The molecule has 0 spiro atoms. The van der Waals surface area contributed by atoms with Crippen LogP contribution >= 0.6 is 0 Å². The second-order valence-electron chi connectivity index (χ2n) is 6.91. The highest BCUT2D eigenvalue weighted by atomic mass is 16.5. The van der Waals surface area contributed by atoms with Gasteiger partial charge in [-0.05, 0) is 24.1 Å². The van der Waals surface area contributed by atoms with Crippen LogP contribution in [-0.2, 0) is 4.74 Å². The second-order valence-corrected chi connectivity index (χ2v) is 6.91. The summed E-state index contributed by atoms with van der Waals surface area (Å²) in [6, 6.07) is 13.9. The number of amides is 1. The number of fused-ring (bicyclic) bond motifs is 1. The van der Waals surface area contributed by atoms with Crippen LogP contribution in [0.5, 0.6) is 0 Å². The first-order chi connectivity index (χ1) is 13.2. The third-order valence-electron chi connectivity index (χ3n) is 5.36. The van der Waals surface area contributed by atoms with Crippen LogP contribution in [0.4, 0.5) is 0 Å². The van der Waals surface area contributed by atoms with E-state index in [2.05, 4.69) is 32.7 Å². The van der Waals surface area contributed by atoms with Gasteiger partial charge < -0.3 is 9.64 Å². The fourth-order valence-corrected chi connectivity index (χ4v) is 3.90. The number of rotatable bonds is 3. The van der Waals surface area contributed by atoms with Gasteiger partial charge in [-0.1, -0.05) is 30.3 Å². The van der Waals surface area contributed by atoms with Gasteiger partial charge in [0.25, 0.3) is 5.91 Å². The summed E-state index contributed by atoms with van der Waals surface area (Å²) in [5.41, 5.74) is 8.66. The number of carbonyl (C=O) groups excluding carboxylic acids is 2. The van der Waals surface area contributed by atoms with Crippen molar-refractivity contribution in [1.82, 2.24) is 20.7 Å². The molecule has 2 aromatic rings. The first-order valence-electron chi connectivity index (χ1n) is 9.07. The van der Waals surface area contributed by atoms with E-state index in [1.165, 1.54) is 18.9 Å². The molecule has 4 rings (SSSR count). The zero-order chi connectivity index (χ0) is 18.8. The standard InChI is InChI=1S/C20H22N4O3/c1-27-20(26)14-7-8-17(21-11-14)19(25)24-10-9-16-15(12-24)18(23-22-16)13-5-3-2-4-6-13/h2-8,11,15-16,18,22-23H,9-10,12H2,1H3. The smallest absolute Gasteiger partial charge is 0.339 e. The first kappa shape index (κ1) is 17.6. The molecule has 7 nitrogen and oxygen atoms in total. The maximum atomic E-state index is 12.9. The second kappa shape index (κ2) is 7.46. The van der Waals surface area contributed by atoms with E-state index in [9.17, 15) is 9.59 Å². The summed E-state index contributed by atoms with van der Waals surface area (Å²) in [4.78, 5) is 30.4. The molecule has 0 saturated carbocycles. The van der Waals surface area contributed by atoms with Crippen molar-refractivity contribution in [2.75, 3.05) is 20.2 Å². The number of nitrogens with one attached hydrogen (secondary N) is 2. The van der Waals surface area contributed by atoms with Gasteiger partial charge in [0.2, 0.25) is 0 Å². The number of benzene rings is 1. The summed E-state index contributed by atoms with van der Waals surface area (Å²) in [5.74, 6) is -0.279. The molecule has 2 saturated heterocycles. The lowest BCUT2D eigenvalue weighted by atomic mass is 9.85. The summed E-state index contributed by atoms with van der Waals surface area (Å²) < 4.78 is 4.67. The molecule has 3 atom stereocenters. The Morgan fingerprint density at radius 2 is 1.96 bits per heavy atom. The van der Waals surface area contributed by atoms with Crippen LogP contribution in [-0.4, -0.2) is 48.0 Å². The van der Waals surface area contributed by atoms with Gasteiger partial charge >= 0.3 is 5.97 Å². The fourth-order valence-electron chi connectivity index (χ4n) is 3.90. The van der Waals surface area contributed by atoms with Crippen molar-refractivity contribution in [3.05, 3.63) is 65.5 Å². The zero-order valence-electron chi connectivity index (χ0n) is 15.1. The van der Waals surface area contributed by atoms with Crippen molar-refractivity contribution in [3.63, 3.8) is 0 Å². The highest BCUT2D eigenvalue weighted by Crippen LogP contribution is 2.33. The Balaban J connectivity index is 1.48. The van der Waals surface area contributed by atoms with Gasteiger partial charge in [-0.15, -0.1) is 0 Å². The Labute approximate surface area is 157 Å². The number of methoxy groups -OCH3 is 1. The Morgan fingerprint density at radius 3 is 2.67 bits per heavy atom. The maximum Gasteiger partial charge on any atom is 0.339 e. The molecule has 1 aromatic heterocycles. The van der Waals surface area contributed by atoms with E-state index >= 15 is 0 Å². The van der Waals surface area contributed by atoms with Crippen molar-refractivity contribution in [3.8, 4) is 0 Å². The lowest BCUT2D eigenvalue weighted by molar-refractivity contribution is 0.0596. The number of carbonyl (C=O) groups is 2. The van der Waals surface area contributed by atoms with E-state index < -0.39 is 5.97 Å². The minimum Gasteiger partial charge on any atom is -0.465 e. The molecule has 2 fully saturated rings. The molecule has 7 heteroatoms. The Hall–Kier alpha value is -2.77. The van der Waals surface area contributed by atoms with Crippen LogP contribution in [0.3, 0.4) is 0 Å². The van der Waals surface area contributed by atoms with Gasteiger partial charge in [0.15, 0.2) is 0 Å². The van der Waals surface area contributed by atoms with Crippen molar-refractivity contribution in [2.45, 2.75) is 18.5 Å². The van der Waals surface area contributed by atoms with Crippen molar-refractivity contribution in [1.29, 1.82) is 0 Å². The zero-order valence-corrected chi connectivity index (χ0v) is 15.1. The first-order valence-corrected chi connectivity index (χ1v) is 9.07. The average molecular weight is 366 g/mol. The normalized spacial score (nSPS) is 24.3. The third-order valence-corrected chi connectivity index (χ3v) is 5.36. The summed E-state index contributed by atoms with van der Waals surface area (Å²) >= 11 is 0. The molecule has 2 aliphatic rings.